The molecule has 0 radical (unpaired) electrons. The second-order valence-corrected chi connectivity index (χ2v) is 5.18. The van der Waals surface area contributed by atoms with Gasteiger partial charge in [-0.1, -0.05) is 0 Å². The summed E-state index contributed by atoms with van der Waals surface area (Å²) in [4.78, 5) is 14.3. The summed E-state index contributed by atoms with van der Waals surface area (Å²) in [5.74, 6) is -0.331. The Bertz CT molecular complexity index is 476. The Hall–Kier alpha value is -1.75. The van der Waals surface area contributed by atoms with Crippen molar-refractivity contribution in [3.63, 3.8) is 0 Å². The number of esters is 1. The van der Waals surface area contributed by atoms with Gasteiger partial charge in [0.15, 0.2) is 0 Å². The van der Waals surface area contributed by atoms with Crippen molar-refractivity contribution in [3.05, 3.63) is 23.8 Å². The number of nitrogens with one attached hydrogen (secondary N) is 1. The third kappa shape index (κ3) is 3.42. The van der Waals surface area contributed by atoms with Crippen molar-refractivity contribution in [2.45, 2.75) is 25.8 Å². The lowest BCUT2D eigenvalue weighted by molar-refractivity contribution is 0.0527. The van der Waals surface area contributed by atoms with E-state index >= 15 is 0 Å². The van der Waals surface area contributed by atoms with Crippen LogP contribution in [0.4, 0.5) is 11.4 Å². The molecule has 1 aliphatic heterocycles. The zero-order valence-electron chi connectivity index (χ0n) is 12.2. The van der Waals surface area contributed by atoms with Gasteiger partial charge in [-0.05, 0) is 51.6 Å². The first-order chi connectivity index (χ1) is 9.61. The van der Waals surface area contributed by atoms with Gasteiger partial charge in [-0.25, -0.2) is 4.79 Å². The number of carbonyl (C=O) groups is 1. The number of rotatable bonds is 5. The molecule has 1 unspecified atom stereocenters. The number of nitrogen functional groups attached to an aromatic ring is 1. The van der Waals surface area contributed by atoms with Gasteiger partial charge < -0.3 is 20.7 Å². The van der Waals surface area contributed by atoms with E-state index in [-0.39, 0.29) is 5.97 Å². The molecule has 1 fully saturated rings. The molecule has 0 saturated carbocycles. The number of likely N-dealkylation sites (N-methyl/N-ethyl adjacent to an activating group) is 1. The zero-order chi connectivity index (χ0) is 14.5. The molecule has 3 N–H and O–H groups in total. The van der Waals surface area contributed by atoms with Crippen molar-refractivity contribution in [1.29, 1.82) is 0 Å². The van der Waals surface area contributed by atoms with Crippen LogP contribution in [-0.4, -0.2) is 43.7 Å². The summed E-state index contributed by atoms with van der Waals surface area (Å²) in [5.41, 5.74) is 7.62. The lowest BCUT2D eigenvalue weighted by Gasteiger charge is -2.21. The molecule has 1 aromatic rings. The first-order valence-corrected chi connectivity index (χ1v) is 7.12. The second-order valence-electron chi connectivity index (χ2n) is 5.18. The average Bonchev–Trinajstić information content (AvgIpc) is 2.83. The Labute approximate surface area is 120 Å². The van der Waals surface area contributed by atoms with Crippen LogP contribution in [0.5, 0.6) is 0 Å². The van der Waals surface area contributed by atoms with E-state index in [0.717, 1.165) is 18.8 Å². The molecule has 0 spiro atoms. The van der Waals surface area contributed by atoms with Crippen LogP contribution in [-0.2, 0) is 4.74 Å². The van der Waals surface area contributed by atoms with Crippen LogP contribution in [0.15, 0.2) is 18.2 Å². The molecule has 0 aromatic heterocycles. The molecule has 1 heterocycles. The fourth-order valence-electron chi connectivity index (χ4n) is 2.56. The normalized spacial score (nSPS) is 19.0. The van der Waals surface area contributed by atoms with Crippen LogP contribution in [0.3, 0.4) is 0 Å². The maximum Gasteiger partial charge on any atom is 0.340 e. The Balaban J connectivity index is 2.08. The van der Waals surface area contributed by atoms with E-state index in [4.69, 9.17) is 10.5 Å². The Kier molecular flexibility index (Phi) is 4.84. The Morgan fingerprint density at radius 1 is 1.55 bits per heavy atom. The van der Waals surface area contributed by atoms with E-state index in [1.165, 1.54) is 12.8 Å². The number of benzene rings is 1. The highest BCUT2D eigenvalue weighted by Crippen LogP contribution is 2.22. The van der Waals surface area contributed by atoms with Crippen molar-refractivity contribution in [1.82, 2.24) is 4.90 Å². The van der Waals surface area contributed by atoms with Crippen molar-refractivity contribution >= 4 is 17.3 Å². The smallest absolute Gasteiger partial charge is 0.340 e. The minimum Gasteiger partial charge on any atom is -0.462 e. The largest absolute Gasteiger partial charge is 0.462 e. The van der Waals surface area contributed by atoms with Crippen molar-refractivity contribution in [2.24, 2.45) is 0 Å². The fraction of sp³-hybridized carbons (Fsp3) is 0.533. The molecule has 0 aliphatic carbocycles. The lowest BCUT2D eigenvalue weighted by atomic mass is 10.1. The molecule has 1 aromatic carbocycles. The average molecular weight is 277 g/mol. The van der Waals surface area contributed by atoms with Crippen LogP contribution in [0, 0.1) is 0 Å². The highest BCUT2D eigenvalue weighted by atomic mass is 16.5. The molecule has 5 nitrogen and oxygen atoms in total. The van der Waals surface area contributed by atoms with Crippen molar-refractivity contribution < 1.29 is 9.53 Å². The zero-order valence-corrected chi connectivity index (χ0v) is 12.2. The predicted molar refractivity (Wildman–Crippen MR) is 81.0 cm³/mol. The molecule has 110 valence electrons. The van der Waals surface area contributed by atoms with Gasteiger partial charge in [0.05, 0.1) is 12.2 Å². The van der Waals surface area contributed by atoms with Crippen molar-refractivity contribution in [3.8, 4) is 0 Å². The van der Waals surface area contributed by atoms with Gasteiger partial charge in [-0.15, -0.1) is 0 Å². The second kappa shape index (κ2) is 6.61. The number of carbonyl (C=O) groups excluding carboxylic acids is 1. The van der Waals surface area contributed by atoms with Crippen LogP contribution in [0.2, 0.25) is 0 Å². The van der Waals surface area contributed by atoms with E-state index in [1.807, 2.05) is 6.07 Å². The first-order valence-electron chi connectivity index (χ1n) is 7.12. The van der Waals surface area contributed by atoms with E-state index in [2.05, 4.69) is 17.3 Å². The maximum atomic E-state index is 11.9. The van der Waals surface area contributed by atoms with E-state index in [9.17, 15) is 4.79 Å². The quantitative estimate of drug-likeness (QED) is 0.636. The minimum absolute atomic E-state index is 0.331. The van der Waals surface area contributed by atoms with Gasteiger partial charge in [-0.3, -0.25) is 0 Å². The van der Waals surface area contributed by atoms with Gasteiger partial charge in [0.2, 0.25) is 0 Å². The first kappa shape index (κ1) is 14.7. The summed E-state index contributed by atoms with van der Waals surface area (Å²) in [5, 5.41) is 3.35. The lowest BCUT2D eigenvalue weighted by Crippen LogP contribution is -2.31. The molecule has 0 amide bonds. The number of hydrogen-bond acceptors (Lipinski definition) is 5. The summed E-state index contributed by atoms with van der Waals surface area (Å²) in [6.45, 7) is 4.12. The van der Waals surface area contributed by atoms with Crippen LogP contribution < -0.4 is 11.1 Å². The highest BCUT2D eigenvalue weighted by Gasteiger charge is 2.21. The van der Waals surface area contributed by atoms with E-state index in [1.54, 1.807) is 19.1 Å². The maximum absolute atomic E-state index is 11.9. The van der Waals surface area contributed by atoms with Gasteiger partial charge in [-0.2, -0.15) is 0 Å². The minimum atomic E-state index is -0.331. The predicted octanol–water partition coefficient (Wildman–Crippen LogP) is 1.95. The topological polar surface area (TPSA) is 67.6 Å². The SMILES string of the molecule is CCOC(=O)c1cc(N)ccc1NCC1CCCN1C. The fourth-order valence-corrected chi connectivity index (χ4v) is 2.56. The molecular formula is C15H23N3O2. The molecule has 20 heavy (non-hydrogen) atoms. The Morgan fingerprint density at radius 2 is 2.35 bits per heavy atom. The Morgan fingerprint density at radius 3 is 3.00 bits per heavy atom. The number of nitrogens with zero attached hydrogens (tertiary/aromatic N) is 1. The molecule has 2 rings (SSSR count). The third-order valence-electron chi connectivity index (χ3n) is 3.74. The number of anilines is 2. The number of hydrogen-bond donors (Lipinski definition) is 2. The van der Waals surface area contributed by atoms with Crippen molar-refractivity contribution in [2.75, 3.05) is 37.8 Å². The van der Waals surface area contributed by atoms with E-state index < -0.39 is 0 Å². The van der Waals surface area contributed by atoms with Crippen LogP contribution in [0.1, 0.15) is 30.1 Å². The number of ether oxygens (including phenoxy) is 1. The highest BCUT2D eigenvalue weighted by molar-refractivity contribution is 5.96. The summed E-state index contributed by atoms with van der Waals surface area (Å²) >= 11 is 0. The molecule has 5 heteroatoms. The summed E-state index contributed by atoms with van der Waals surface area (Å²) in [6, 6.07) is 5.82. The summed E-state index contributed by atoms with van der Waals surface area (Å²) in [6.07, 6.45) is 2.42. The molecule has 1 aliphatic rings. The van der Waals surface area contributed by atoms with Crippen LogP contribution >= 0.6 is 0 Å². The van der Waals surface area contributed by atoms with Gasteiger partial charge in [0.1, 0.15) is 0 Å². The standard InChI is InChI=1S/C15H23N3O2/c1-3-20-15(19)13-9-11(16)6-7-14(13)17-10-12-5-4-8-18(12)2/h6-7,9,12,17H,3-5,8,10,16H2,1-2H3. The molecule has 0 bridgehead atoms. The molecule has 1 atom stereocenters. The third-order valence-corrected chi connectivity index (χ3v) is 3.74. The van der Waals surface area contributed by atoms with E-state index in [0.29, 0.717) is 23.9 Å². The van der Waals surface area contributed by atoms with Gasteiger partial charge >= 0.3 is 5.97 Å². The number of likely N-dealkylation sites (tertiary alicyclic amines) is 1. The monoisotopic (exact) mass is 277 g/mol. The number of nitrogens with two attached hydrogens (primary N) is 1. The molecular weight excluding hydrogens is 254 g/mol. The summed E-state index contributed by atoms with van der Waals surface area (Å²) < 4.78 is 5.07. The molecule has 1 saturated heterocycles. The van der Waals surface area contributed by atoms with Crippen LogP contribution in [0.25, 0.3) is 0 Å². The van der Waals surface area contributed by atoms with Gasteiger partial charge in [0, 0.05) is 24.0 Å². The summed E-state index contributed by atoms with van der Waals surface area (Å²) in [7, 11) is 2.13. The van der Waals surface area contributed by atoms with Gasteiger partial charge in [0.25, 0.3) is 0 Å².